The highest BCUT2D eigenvalue weighted by Crippen LogP contribution is 2.36. The van der Waals surface area contributed by atoms with Crippen LogP contribution in [0, 0.1) is 0 Å². The van der Waals surface area contributed by atoms with Gasteiger partial charge in [-0.05, 0) is 79.1 Å². The lowest BCUT2D eigenvalue weighted by Crippen LogP contribution is -2.48. The summed E-state index contributed by atoms with van der Waals surface area (Å²) in [4.78, 5) is 35.4. The Morgan fingerprint density at radius 2 is 1.95 bits per heavy atom. The quantitative estimate of drug-likeness (QED) is 0.383. The Bertz CT molecular complexity index is 1500. The van der Waals surface area contributed by atoms with Gasteiger partial charge in [-0.2, -0.15) is 0 Å². The molecule has 0 spiro atoms. The van der Waals surface area contributed by atoms with Crippen LogP contribution in [0.2, 0.25) is 0 Å². The predicted molar refractivity (Wildman–Crippen MR) is 151 cm³/mol. The molecule has 1 saturated heterocycles. The smallest absolute Gasteiger partial charge is 0.326 e. The lowest BCUT2D eigenvalue weighted by atomic mass is 9.76. The third-order valence-electron chi connectivity index (χ3n) is 8.40. The summed E-state index contributed by atoms with van der Waals surface area (Å²) in [5, 5.41) is 3.39. The third-order valence-corrected chi connectivity index (χ3v) is 8.40. The van der Waals surface area contributed by atoms with E-state index in [-0.39, 0.29) is 29.6 Å². The Morgan fingerprint density at radius 3 is 2.74 bits per heavy atom. The van der Waals surface area contributed by atoms with Crippen molar-refractivity contribution in [3.05, 3.63) is 94.2 Å². The average molecular weight is 526 g/mol. The number of hydrogen-bond acceptors (Lipinski definition) is 5. The maximum Gasteiger partial charge on any atom is 0.326 e. The van der Waals surface area contributed by atoms with Gasteiger partial charge in [0.05, 0.1) is 24.7 Å². The molecule has 6 rings (SSSR count). The van der Waals surface area contributed by atoms with E-state index in [0.29, 0.717) is 6.54 Å². The molecule has 2 aliphatic rings. The van der Waals surface area contributed by atoms with Crippen molar-refractivity contribution in [3.8, 4) is 5.75 Å². The molecule has 2 atom stereocenters. The Morgan fingerprint density at radius 1 is 1.10 bits per heavy atom. The molecule has 39 heavy (non-hydrogen) atoms. The van der Waals surface area contributed by atoms with Crippen molar-refractivity contribution in [2.45, 2.75) is 50.1 Å². The van der Waals surface area contributed by atoms with Crippen LogP contribution in [0.1, 0.15) is 47.9 Å². The molecule has 8 nitrogen and oxygen atoms in total. The van der Waals surface area contributed by atoms with Crippen molar-refractivity contribution in [3.63, 3.8) is 0 Å². The Labute approximate surface area is 228 Å². The summed E-state index contributed by atoms with van der Waals surface area (Å²) in [7, 11) is 1.70. The number of fused-ring (bicyclic) bond motifs is 2. The number of benzene rings is 2. The van der Waals surface area contributed by atoms with Gasteiger partial charge in [0.1, 0.15) is 5.75 Å². The second-order valence-electron chi connectivity index (χ2n) is 10.8. The fraction of sp³-hybridized carbons (Fsp3) is 0.387. The average Bonchev–Trinajstić information content (AvgIpc) is 3.30. The number of hydrogen-bond donors (Lipinski definition) is 2. The highest BCUT2D eigenvalue weighted by atomic mass is 16.5. The van der Waals surface area contributed by atoms with Gasteiger partial charge in [0, 0.05) is 43.5 Å². The fourth-order valence-electron chi connectivity index (χ4n) is 6.44. The van der Waals surface area contributed by atoms with Crippen molar-refractivity contribution in [1.82, 2.24) is 24.8 Å². The summed E-state index contributed by atoms with van der Waals surface area (Å²) in [6.07, 6.45) is 8.02. The maximum atomic E-state index is 13.3. The molecule has 8 heteroatoms. The van der Waals surface area contributed by atoms with Gasteiger partial charge in [-0.3, -0.25) is 19.2 Å². The molecule has 2 aromatic heterocycles. The van der Waals surface area contributed by atoms with Gasteiger partial charge in [-0.15, -0.1) is 0 Å². The number of imidazole rings is 1. The van der Waals surface area contributed by atoms with Gasteiger partial charge in [-0.25, -0.2) is 4.79 Å². The number of methoxy groups -OCH3 is 1. The van der Waals surface area contributed by atoms with Crippen LogP contribution in [0.15, 0.2) is 71.8 Å². The summed E-state index contributed by atoms with van der Waals surface area (Å²) < 4.78 is 7.36. The van der Waals surface area contributed by atoms with Gasteiger partial charge < -0.3 is 15.0 Å². The number of ether oxygens (including phenoxy) is 1. The predicted octanol–water partition coefficient (Wildman–Crippen LogP) is 3.83. The van der Waals surface area contributed by atoms with Crippen molar-refractivity contribution >= 4 is 16.9 Å². The van der Waals surface area contributed by atoms with E-state index in [1.54, 1.807) is 13.3 Å². The SMILES string of the molecule is COc1ccc2c(c1)CC[C@H](NC(=O)CN1CCC(n3c(=O)[nH]c4ccccc43)CC1)[C@@H]2Cc1cccnc1. The summed E-state index contributed by atoms with van der Waals surface area (Å²) in [5.41, 5.74) is 5.51. The zero-order valence-electron chi connectivity index (χ0n) is 22.3. The number of aromatic nitrogens is 3. The van der Waals surface area contributed by atoms with E-state index >= 15 is 0 Å². The first kappa shape index (κ1) is 25.4. The second kappa shape index (κ2) is 11.1. The molecule has 0 bridgehead atoms. The fourth-order valence-corrected chi connectivity index (χ4v) is 6.44. The van der Waals surface area contributed by atoms with E-state index in [1.165, 1.54) is 16.7 Å². The number of aromatic amines is 1. The molecule has 1 aliphatic carbocycles. The van der Waals surface area contributed by atoms with Crippen LogP contribution in [-0.4, -0.2) is 58.1 Å². The van der Waals surface area contributed by atoms with Crippen LogP contribution < -0.4 is 15.7 Å². The molecule has 0 unspecified atom stereocenters. The molecule has 3 heterocycles. The summed E-state index contributed by atoms with van der Waals surface area (Å²) in [5.74, 6) is 1.11. The van der Waals surface area contributed by atoms with E-state index in [0.717, 1.165) is 62.0 Å². The number of rotatable bonds is 7. The number of nitrogens with zero attached hydrogens (tertiary/aromatic N) is 3. The number of pyridine rings is 1. The number of para-hydroxylation sites is 2. The molecule has 1 aliphatic heterocycles. The van der Waals surface area contributed by atoms with Crippen LogP contribution in [-0.2, 0) is 17.6 Å². The van der Waals surface area contributed by atoms with Crippen LogP contribution in [0.4, 0.5) is 0 Å². The molecule has 0 radical (unpaired) electrons. The van der Waals surface area contributed by atoms with Crippen molar-refractivity contribution in [2.75, 3.05) is 26.7 Å². The molecule has 1 fully saturated rings. The molecule has 2 aromatic carbocycles. The van der Waals surface area contributed by atoms with Crippen LogP contribution in [0.5, 0.6) is 5.75 Å². The number of amides is 1. The lowest BCUT2D eigenvalue weighted by Gasteiger charge is -2.36. The zero-order valence-corrected chi connectivity index (χ0v) is 22.3. The van der Waals surface area contributed by atoms with Crippen molar-refractivity contribution < 1.29 is 9.53 Å². The summed E-state index contributed by atoms with van der Waals surface area (Å²) in [6, 6.07) is 18.4. The van der Waals surface area contributed by atoms with Gasteiger partial charge in [0.2, 0.25) is 5.91 Å². The molecular formula is C31H35N5O3. The van der Waals surface area contributed by atoms with E-state index in [9.17, 15) is 9.59 Å². The number of H-pyrrole nitrogens is 1. The van der Waals surface area contributed by atoms with E-state index in [1.807, 2.05) is 47.2 Å². The summed E-state index contributed by atoms with van der Waals surface area (Å²) in [6.45, 7) is 1.95. The Hall–Kier alpha value is -3.91. The van der Waals surface area contributed by atoms with Crippen LogP contribution in [0.25, 0.3) is 11.0 Å². The number of piperidine rings is 1. The van der Waals surface area contributed by atoms with Gasteiger partial charge >= 0.3 is 5.69 Å². The molecule has 1 amide bonds. The normalized spacial score (nSPS) is 20.0. The lowest BCUT2D eigenvalue weighted by molar-refractivity contribution is -0.123. The van der Waals surface area contributed by atoms with Gasteiger partial charge in [0.15, 0.2) is 0 Å². The van der Waals surface area contributed by atoms with E-state index < -0.39 is 0 Å². The van der Waals surface area contributed by atoms with E-state index in [2.05, 4.69) is 38.4 Å². The molecular weight excluding hydrogens is 490 g/mol. The Balaban J connectivity index is 1.11. The minimum absolute atomic E-state index is 0.0535. The standard InChI is InChI=1S/C31H35N5O3/c1-39-24-9-10-25-22(18-24)8-11-27(26(25)17-21-5-4-14-32-19-21)33-30(37)20-35-15-12-23(13-16-35)36-29-7-3-2-6-28(29)34-31(36)38/h2-7,9-10,14,18-19,23,26-27H,8,11-13,15-17,20H2,1H3,(H,33,37)(H,34,38)/t26-,27+/m1/s1. The van der Waals surface area contributed by atoms with Crippen molar-refractivity contribution in [1.29, 1.82) is 0 Å². The number of nitrogens with one attached hydrogen (secondary N) is 2. The Kier molecular flexibility index (Phi) is 7.20. The summed E-state index contributed by atoms with van der Waals surface area (Å²) >= 11 is 0. The first-order valence-electron chi connectivity index (χ1n) is 13.9. The maximum absolute atomic E-state index is 13.3. The largest absolute Gasteiger partial charge is 0.497 e. The second-order valence-corrected chi connectivity index (χ2v) is 10.8. The zero-order chi connectivity index (χ0) is 26.8. The molecule has 202 valence electrons. The number of carbonyl (C=O) groups is 1. The van der Waals surface area contributed by atoms with Crippen LogP contribution in [0.3, 0.4) is 0 Å². The highest BCUT2D eigenvalue weighted by Gasteiger charge is 2.32. The number of aryl methyl sites for hydroxylation is 1. The van der Waals surface area contributed by atoms with Gasteiger partial charge in [-0.1, -0.05) is 24.3 Å². The van der Waals surface area contributed by atoms with Crippen LogP contribution >= 0.6 is 0 Å². The monoisotopic (exact) mass is 525 g/mol. The third kappa shape index (κ3) is 5.34. The van der Waals surface area contributed by atoms with E-state index in [4.69, 9.17) is 4.74 Å². The highest BCUT2D eigenvalue weighted by molar-refractivity contribution is 5.78. The molecule has 2 N–H and O–H groups in total. The topological polar surface area (TPSA) is 92.2 Å². The number of carbonyl (C=O) groups excluding carboxylic acids is 1. The molecule has 4 aromatic rings. The first-order chi connectivity index (χ1) is 19.1. The first-order valence-corrected chi connectivity index (χ1v) is 13.9. The molecule has 0 saturated carbocycles. The minimum Gasteiger partial charge on any atom is -0.497 e. The van der Waals surface area contributed by atoms with Crippen molar-refractivity contribution in [2.24, 2.45) is 0 Å². The van der Waals surface area contributed by atoms with Gasteiger partial charge in [0.25, 0.3) is 0 Å². The minimum atomic E-state index is -0.0535. The number of likely N-dealkylation sites (tertiary alicyclic amines) is 1.